The van der Waals surface area contributed by atoms with E-state index in [1.54, 1.807) is 7.11 Å². The summed E-state index contributed by atoms with van der Waals surface area (Å²) in [6.45, 7) is 3.23. The highest BCUT2D eigenvalue weighted by molar-refractivity contribution is 5.92. The first-order valence-electron chi connectivity index (χ1n) is 9.06. The fourth-order valence-electron chi connectivity index (χ4n) is 2.76. The Balaban J connectivity index is 2.08. The third-order valence-electron chi connectivity index (χ3n) is 4.46. The molecule has 0 aliphatic rings. The molecule has 0 bridgehead atoms. The molecule has 0 saturated heterocycles. The van der Waals surface area contributed by atoms with Gasteiger partial charge in [-0.15, -0.1) is 0 Å². The van der Waals surface area contributed by atoms with E-state index in [4.69, 9.17) is 4.74 Å². The van der Waals surface area contributed by atoms with Gasteiger partial charge in [0.25, 0.3) is 11.5 Å². The molecule has 146 valence electrons. The molecule has 0 fully saturated rings. The van der Waals surface area contributed by atoms with Gasteiger partial charge >= 0.3 is 0 Å². The number of rotatable bonds is 9. The predicted octanol–water partition coefficient (Wildman–Crippen LogP) is 1.48. The van der Waals surface area contributed by atoms with Crippen molar-refractivity contribution in [2.24, 2.45) is 0 Å². The second-order valence-electron chi connectivity index (χ2n) is 6.56. The maximum Gasteiger partial charge on any atom is 0.271 e. The SMILES string of the molecule is CCc1ccc(C(CNC(=O)c2ccc(=O)n(CCOC)n2)N(C)C)cc1. The van der Waals surface area contributed by atoms with Crippen LogP contribution in [0.2, 0.25) is 0 Å². The zero-order valence-electron chi connectivity index (χ0n) is 16.4. The van der Waals surface area contributed by atoms with E-state index in [1.807, 2.05) is 14.1 Å². The smallest absolute Gasteiger partial charge is 0.271 e. The van der Waals surface area contributed by atoms with Crippen LogP contribution in [0, 0.1) is 0 Å². The summed E-state index contributed by atoms with van der Waals surface area (Å²) >= 11 is 0. The van der Waals surface area contributed by atoms with Crippen molar-refractivity contribution in [2.75, 3.05) is 34.4 Å². The van der Waals surface area contributed by atoms with E-state index in [2.05, 4.69) is 46.5 Å². The number of nitrogens with one attached hydrogen (secondary N) is 1. The van der Waals surface area contributed by atoms with Crippen LogP contribution in [-0.4, -0.2) is 54.9 Å². The highest BCUT2D eigenvalue weighted by Crippen LogP contribution is 2.18. The molecule has 0 spiro atoms. The third kappa shape index (κ3) is 5.74. The van der Waals surface area contributed by atoms with E-state index >= 15 is 0 Å². The van der Waals surface area contributed by atoms with Crippen LogP contribution in [-0.2, 0) is 17.7 Å². The normalized spacial score (nSPS) is 12.2. The first-order valence-corrected chi connectivity index (χ1v) is 9.06. The number of amides is 1. The minimum Gasteiger partial charge on any atom is -0.383 e. The summed E-state index contributed by atoms with van der Waals surface area (Å²) in [6.07, 6.45) is 0.994. The molecular weight excluding hydrogens is 344 g/mol. The number of aromatic nitrogens is 2. The van der Waals surface area contributed by atoms with Crippen molar-refractivity contribution in [1.82, 2.24) is 20.0 Å². The number of likely N-dealkylation sites (N-methyl/N-ethyl adjacent to an activating group) is 1. The molecule has 2 aromatic rings. The average molecular weight is 372 g/mol. The molecule has 2 rings (SSSR count). The monoisotopic (exact) mass is 372 g/mol. The molecule has 27 heavy (non-hydrogen) atoms. The Kier molecular flexibility index (Phi) is 7.69. The van der Waals surface area contributed by atoms with E-state index in [0.29, 0.717) is 19.7 Å². The number of carbonyl (C=O) groups is 1. The molecule has 1 unspecified atom stereocenters. The lowest BCUT2D eigenvalue weighted by Gasteiger charge is -2.25. The Labute approximate surface area is 160 Å². The Morgan fingerprint density at radius 3 is 2.52 bits per heavy atom. The van der Waals surface area contributed by atoms with Crippen LogP contribution in [0.4, 0.5) is 0 Å². The summed E-state index contributed by atoms with van der Waals surface area (Å²) in [5.41, 5.74) is 2.37. The number of methoxy groups -OCH3 is 1. The van der Waals surface area contributed by atoms with Gasteiger partial charge in [0.1, 0.15) is 5.69 Å². The van der Waals surface area contributed by atoms with Crippen LogP contribution in [0.15, 0.2) is 41.2 Å². The maximum atomic E-state index is 12.5. The van der Waals surface area contributed by atoms with Crippen LogP contribution in [0.25, 0.3) is 0 Å². The van der Waals surface area contributed by atoms with Gasteiger partial charge in [0.05, 0.1) is 19.2 Å². The average Bonchev–Trinajstić information content (AvgIpc) is 2.67. The minimum atomic E-state index is -0.307. The number of nitrogens with zero attached hydrogens (tertiary/aromatic N) is 3. The van der Waals surface area contributed by atoms with E-state index < -0.39 is 0 Å². The molecule has 1 aromatic heterocycles. The standard InChI is InChI=1S/C20H28N4O3/c1-5-15-6-8-16(9-7-15)18(23(2)3)14-21-20(26)17-10-11-19(25)24(22-17)12-13-27-4/h6-11,18H,5,12-14H2,1-4H3,(H,21,26). The molecule has 1 heterocycles. The van der Waals surface area contributed by atoms with Crippen molar-refractivity contribution < 1.29 is 9.53 Å². The van der Waals surface area contributed by atoms with Gasteiger partial charge in [-0.2, -0.15) is 5.10 Å². The van der Waals surface area contributed by atoms with E-state index in [0.717, 1.165) is 12.0 Å². The molecule has 0 radical (unpaired) electrons. The molecule has 0 saturated carbocycles. The first-order chi connectivity index (χ1) is 13.0. The van der Waals surface area contributed by atoms with Crippen molar-refractivity contribution in [3.63, 3.8) is 0 Å². The summed E-state index contributed by atoms with van der Waals surface area (Å²) in [6, 6.07) is 11.3. The van der Waals surface area contributed by atoms with Gasteiger partial charge in [-0.25, -0.2) is 4.68 Å². The number of benzene rings is 1. The largest absolute Gasteiger partial charge is 0.383 e. The highest BCUT2D eigenvalue weighted by Gasteiger charge is 2.17. The second kappa shape index (κ2) is 9.99. The Hall–Kier alpha value is -2.51. The van der Waals surface area contributed by atoms with Crippen molar-refractivity contribution in [2.45, 2.75) is 25.9 Å². The molecule has 1 atom stereocenters. The van der Waals surface area contributed by atoms with Crippen LogP contribution < -0.4 is 10.9 Å². The van der Waals surface area contributed by atoms with Crippen LogP contribution in [0.1, 0.15) is 34.6 Å². The summed E-state index contributed by atoms with van der Waals surface area (Å²) in [4.78, 5) is 26.4. The van der Waals surface area contributed by atoms with Crippen molar-refractivity contribution >= 4 is 5.91 Å². The highest BCUT2D eigenvalue weighted by atomic mass is 16.5. The third-order valence-corrected chi connectivity index (χ3v) is 4.46. The molecule has 1 aromatic carbocycles. The zero-order valence-corrected chi connectivity index (χ0v) is 16.4. The predicted molar refractivity (Wildman–Crippen MR) is 105 cm³/mol. The van der Waals surface area contributed by atoms with Crippen LogP contribution in [0.5, 0.6) is 0 Å². The van der Waals surface area contributed by atoms with Gasteiger partial charge in [0.2, 0.25) is 0 Å². The maximum absolute atomic E-state index is 12.5. The zero-order chi connectivity index (χ0) is 19.8. The lowest BCUT2D eigenvalue weighted by atomic mass is 10.0. The molecule has 0 aliphatic carbocycles. The van der Waals surface area contributed by atoms with Crippen LogP contribution >= 0.6 is 0 Å². The van der Waals surface area contributed by atoms with Gasteiger partial charge in [-0.1, -0.05) is 31.2 Å². The minimum absolute atomic E-state index is 0.0410. The number of carbonyl (C=O) groups excluding carboxylic acids is 1. The Morgan fingerprint density at radius 2 is 1.93 bits per heavy atom. The van der Waals surface area contributed by atoms with Gasteiger partial charge in [-0.05, 0) is 37.7 Å². The Morgan fingerprint density at radius 1 is 1.22 bits per heavy atom. The molecular formula is C20H28N4O3. The quantitative estimate of drug-likeness (QED) is 0.722. The van der Waals surface area contributed by atoms with Crippen LogP contribution in [0.3, 0.4) is 0 Å². The number of aryl methyl sites for hydroxylation is 1. The number of ether oxygens (including phenoxy) is 1. The van der Waals surface area contributed by atoms with Crippen molar-refractivity contribution in [1.29, 1.82) is 0 Å². The molecule has 7 heteroatoms. The number of hydrogen-bond acceptors (Lipinski definition) is 5. The molecule has 0 aliphatic heterocycles. The van der Waals surface area contributed by atoms with Gasteiger partial charge < -0.3 is 15.0 Å². The fraction of sp³-hybridized carbons (Fsp3) is 0.450. The summed E-state index contributed by atoms with van der Waals surface area (Å²) in [5.74, 6) is -0.307. The molecule has 1 amide bonds. The van der Waals surface area contributed by atoms with Gasteiger partial charge in [0, 0.05) is 19.7 Å². The van der Waals surface area contributed by atoms with Crippen molar-refractivity contribution in [3.8, 4) is 0 Å². The lowest BCUT2D eigenvalue weighted by Crippen LogP contribution is -2.36. The number of hydrogen-bond donors (Lipinski definition) is 1. The van der Waals surface area contributed by atoms with Gasteiger partial charge in [0.15, 0.2) is 0 Å². The lowest BCUT2D eigenvalue weighted by molar-refractivity contribution is 0.0933. The van der Waals surface area contributed by atoms with Crippen molar-refractivity contribution in [3.05, 3.63) is 63.6 Å². The second-order valence-corrected chi connectivity index (χ2v) is 6.56. The fourth-order valence-corrected chi connectivity index (χ4v) is 2.76. The van der Waals surface area contributed by atoms with Gasteiger partial charge in [-0.3, -0.25) is 9.59 Å². The Bertz CT molecular complexity index is 800. The first kappa shape index (κ1) is 20.8. The van der Waals surface area contributed by atoms with E-state index in [1.165, 1.54) is 22.4 Å². The van der Waals surface area contributed by atoms with E-state index in [-0.39, 0.29) is 23.2 Å². The molecule has 1 N–H and O–H groups in total. The summed E-state index contributed by atoms with van der Waals surface area (Å²) in [7, 11) is 5.51. The summed E-state index contributed by atoms with van der Waals surface area (Å²) in [5, 5.41) is 7.05. The molecule has 7 nitrogen and oxygen atoms in total. The van der Waals surface area contributed by atoms with E-state index in [9.17, 15) is 9.59 Å². The topological polar surface area (TPSA) is 76.5 Å². The summed E-state index contributed by atoms with van der Waals surface area (Å²) < 4.78 is 6.21.